The van der Waals surface area contributed by atoms with Gasteiger partial charge < -0.3 is 20.1 Å². The summed E-state index contributed by atoms with van der Waals surface area (Å²) in [6.07, 6.45) is -0.146. The number of hydrogen-bond donors (Lipinski definition) is 2. The van der Waals surface area contributed by atoms with Crippen molar-refractivity contribution in [1.29, 1.82) is 0 Å². The van der Waals surface area contributed by atoms with Crippen LogP contribution in [-0.2, 0) is 20.9 Å². The molecule has 1 aliphatic heterocycles. The molecule has 0 aliphatic carbocycles. The molecule has 6 nitrogen and oxygen atoms in total. The second-order valence-electron chi connectivity index (χ2n) is 5.21. The highest BCUT2D eigenvalue weighted by molar-refractivity contribution is 7.22. The topological polar surface area (TPSA) is 72.5 Å². The van der Waals surface area contributed by atoms with Gasteiger partial charge in [-0.2, -0.15) is 0 Å². The maximum Gasteiger partial charge on any atom is 0.245 e. The number of benzene rings is 1. The molecule has 0 spiro atoms. The van der Waals surface area contributed by atoms with E-state index in [1.807, 2.05) is 25.1 Å². The van der Waals surface area contributed by atoms with Crippen molar-refractivity contribution in [3.8, 4) is 0 Å². The number of ether oxygens (including phenoxy) is 2. The Kier molecular flexibility index (Phi) is 4.68. The van der Waals surface area contributed by atoms with Gasteiger partial charge in [0.25, 0.3) is 0 Å². The van der Waals surface area contributed by atoms with Gasteiger partial charge in [0, 0.05) is 19.2 Å². The number of hydrogen-bond acceptors (Lipinski definition) is 6. The summed E-state index contributed by atoms with van der Waals surface area (Å²) in [6, 6.07) is 5.60. The number of para-hydroxylation sites is 1. The number of rotatable bonds is 4. The van der Waals surface area contributed by atoms with Crippen molar-refractivity contribution in [2.24, 2.45) is 0 Å². The fourth-order valence-corrected chi connectivity index (χ4v) is 3.46. The quantitative estimate of drug-likeness (QED) is 0.898. The van der Waals surface area contributed by atoms with Crippen LogP contribution in [-0.4, -0.2) is 43.3 Å². The SMILES string of the molecule is COCc1cccc2sc(NC(=O)[C@H]3NCCO[C@@H]3C)nc12. The summed E-state index contributed by atoms with van der Waals surface area (Å²) in [4.78, 5) is 16.9. The Morgan fingerprint density at radius 3 is 3.23 bits per heavy atom. The van der Waals surface area contributed by atoms with Crippen molar-refractivity contribution in [3.63, 3.8) is 0 Å². The van der Waals surface area contributed by atoms with Crippen LogP contribution in [0.1, 0.15) is 12.5 Å². The van der Waals surface area contributed by atoms with Crippen LogP contribution in [0.5, 0.6) is 0 Å². The number of methoxy groups -OCH3 is 1. The molecule has 2 atom stereocenters. The molecular weight excluding hydrogens is 302 g/mol. The van der Waals surface area contributed by atoms with E-state index in [1.54, 1.807) is 7.11 Å². The molecule has 1 amide bonds. The van der Waals surface area contributed by atoms with Gasteiger partial charge in [-0.25, -0.2) is 4.98 Å². The monoisotopic (exact) mass is 321 g/mol. The van der Waals surface area contributed by atoms with Crippen LogP contribution in [0.2, 0.25) is 0 Å². The van der Waals surface area contributed by atoms with E-state index in [1.165, 1.54) is 11.3 Å². The predicted molar refractivity (Wildman–Crippen MR) is 86.2 cm³/mol. The van der Waals surface area contributed by atoms with Crippen molar-refractivity contribution in [3.05, 3.63) is 23.8 Å². The van der Waals surface area contributed by atoms with Crippen LogP contribution >= 0.6 is 11.3 Å². The van der Waals surface area contributed by atoms with Crippen LogP contribution in [0.25, 0.3) is 10.2 Å². The van der Waals surface area contributed by atoms with Crippen LogP contribution in [0.3, 0.4) is 0 Å². The van der Waals surface area contributed by atoms with Gasteiger partial charge in [-0.15, -0.1) is 0 Å². The number of carbonyl (C=O) groups is 1. The molecule has 3 rings (SSSR count). The highest BCUT2D eigenvalue weighted by Gasteiger charge is 2.28. The van der Waals surface area contributed by atoms with Crippen molar-refractivity contribution in [2.75, 3.05) is 25.6 Å². The predicted octanol–water partition coefficient (Wildman–Crippen LogP) is 1.76. The average molecular weight is 321 g/mol. The number of fused-ring (bicyclic) bond motifs is 1. The van der Waals surface area contributed by atoms with E-state index in [0.717, 1.165) is 15.8 Å². The van der Waals surface area contributed by atoms with Gasteiger partial charge in [0.2, 0.25) is 5.91 Å². The molecule has 1 fully saturated rings. The van der Waals surface area contributed by atoms with Crippen molar-refractivity contribution in [2.45, 2.75) is 25.7 Å². The highest BCUT2D eigenvalue weighted by atomic mass is 32.1. The molecule has 0 unspecified atom stereocenters. The summed E-state index contributed by atoms with van der Waals surface area (Å²) in [5.74, 6) is -0.112. The van der Waals surface area contributed by atoms with Gasteiger partial charge in [-0.05, 0) is 13.0 Å². The summed E-state index contributed by atoms with van der Waals surface area (Å²) in [6.45, 7) is 3.71. The number of aromatic nitrogens is 1. The van der Waals surface area contributed by atoms with Crippen molar-refractivity contribution in [1.82, 2.24) is 10.3 Å². The standard InChI is InChI=1S/C15H19N3O3S/c1-9-12(16-6-7-21-9)14(19)18-15-17-13-10(8-20-2)4-3-5-11(13)22-15/h3-5,9,12,16H,6-8H2,1-2H3,(H,17,18,19)/t9-,12+/m1/s1. The number of morpholine rings is 1. The Morgan fingerprint density at radius 2 is 2.45 bits per heavy atom. The Hall–Kier alpha value is -1.54. The first-order valence-electron chi connectivity index (χ1n) is 7.22. The third kappa shape index (κ3) is 3.12. The first-order chi connectivity index (χ1) is 10.7. The molecule has 0 saturated carbocycles. The second-order valence-corrected chi connectivity index (χ2v) is 6.24. The molecule has 7 heteroatoms. The van der Waals surface area contributed by atoms with E-state index < -0.39 is 0 Å². The van der Waals surface area contributed by atoms with Gasteiger partial charge in [0.1, 0.15) is 6.04 Å². The first kappa shape index (κ1) is 15.4. The van der Waals surface area contributed by atoms with Gasteiger partial charge in [-0.3, -0.25) is 4.79 Å². The summed E-state index contributed by atoms with van der Waals surface area (Å²) in [5.41, 5.74) is 1.90. The number of carbonyl (C=O) groups excluding carboxylic acids is 1. The van der Waals surface area contributed by atoms with E-state index in [-0.39, 0.29) is 18.1 Å². The van der Waals surface area contributed by atoms with E-state index >= 15 is 0 Å². The first-order valence-corrected chi connectivity index (χ1v) is 8.04. The molecular formula is C15H19N3O3S. The van der Waals surface area contributed by atoms with Crippen LogP contribution in [0.4, 0.5) is 5.13 Å². The molecule has 2 N–H and O–H groups in total. The van der Waals surface area contributed by atoms with Crippen LogP contribution in [0, 0.1) is 0 Å². The molecule has 22 heavy (non-hydrogen) atoms. The number of thiazole rings is 1. The lowest BCUT2D eigenvalue weighted by Gasteiger charge is -2.28. The van der Waals surface area contributed by atoms with Gasteiger partial charge in [-0.1, -0.05) is 23.5 Å². The summed E-state index contributed by atoms with van der Waals surface area (Å²) in [5, 5.41) is 6.66. The third-order valence-electron chi connectivity index (χ3n) is 3.63. The third-order valence-corrected chi connectivity index (χ3v) is 4.57. The van der Waals surface area contributed by atoms with Crippen molar-refractivity contribution >= 4 is 32.6 Å². The molecule has 1 aromatic carbocycles. The smallest absolute Gasteiger partial charge is 0.245 e. The fourth-order valence-electron chi connectivity index (χ4n) is 2.54. The summed E-state index contributed by atoms with van der Waals surface area (Å²) >= 11 is 1.46. The highest BCUT2D eigenvalue weighted by Crippen LogP contribution is 2.28. The second kappa shape index (κ2) is 6.70. The largest absolute Gasteiger partial charge is 0.380 e. The van der Waals surface area contributed by atoms with E-state index in [4.69, 9.17) is 9.47 Å². The maximum atomic E-state index is 12.4. The minimum atomic E-state index is -0.348. The molecule has 2 aromatic rings. The Balaban J connectivity index is 1.79. The molecule has 0 bridgehead atoms. The molecule has 2 heterocycles. The zero-order chi connectivity index (χ0) is 15.5. The number of nitrogens with zero attached hydrogens (tertiary/aromatic N) is 1. The molecule has 1 aliphatic rings. The summed E-state index contributed by atoms with van der Waals surface area (Å²) in [7, 11) is 1.66. The minimum absolute atomic E-state index is 0.112. The molecule has 1 aromatic heterocycles. The van der Waals surface area contributed by atoms with Gasteiger partial charge >= 0.3 is 0 Å². The Morgan fingerprint density at radius 1 is 1.59 bits per heavy atom. The Labute approximate surface area is 132 Å². The van der Waals surface area contributed by atoms with E-state index in [9.17, 15) is 4.79 Å². The number of nitrogens with one attached hydrogen (secondary N) is 2. The van der Waals surface area contributed by atoms with Crippen LogP contribution in [0.15, 0.2) is 18.2 Å². The van der Waals surface area contributed by atoms with E-state index in [2.05, 4.69) is 15.6 Å². The normalized spacial score (nSPS) is 21.9. The zero-order valence-electron chi connectivity index (χ0n) is 12.6. The molecule has 0 radical (unpaired) electrons. The minimum Gasteiger partial charge on any atom is -0.380 e. The number of amides is 1. The average Bonchev–Trinajstić information content (AvgIpc) is 2.91. The molecule has 118 valence electrons. The lowest BCUT2D eigenvalue weighted by molar-refractivity contribution is -0.123. The van der Waals surface area contributed by atoms with Gasteiger partial charge in [0.05, 0.1) is 29.5 Å². The summed E-state index contributed by atoms with van der Waals surface area (Å²) < 4.78 is 11.7. The molecule has 1 saturated heterocycles. The maximum absolute atomic E-state index is 12.4. The lowest BCUT2D eigenvalue weighted by Crippen LogP contribution is -2.53. The number of anilines is 1. The van der Waals surface area contributed by atoms with Crippen LogP contribution < -0.4 is 10.6 Å². The lowest BCUT2D eigenvalue weighted by atomic mass is 10.1. The van der Waals surface area contributed by atoms with Gasteiger partial charge in [0.15, 0.2) is 5.13 Å². The zero-order valence-corrected chi connectivity index (χ0v) is 13.4. The Bertz CT molecular complexity index is 673. The van der Waals surface area contributed by atoms with E-state index in [0.29, 0.717) is 24.9 Å². The van der Waals surface area contributed by atoms with Crippen molar-refractivity contribution < 1.29 is 14.3 Å². The fraction of sp³-hybridized carbons (Fsp3) is 0.467.